The summed E-state index contributed by atoms with van der Waals surface area (Å²) in [6.45, 7) is 0. The summed E-state index contributed by atoms with van der Waals surface area (Å²) in [5, 5.41) is 7.08. The van der Waals surface area contributed by atoms with Crippen molar-refractivity contribution >= 4 is 17.8 Å². The Kier molecular flexibility index (Phi) is 2.44. The van der Waals surface area contributed by atoms with Crippen LogP contribution in [0.25, 0.3) is 0 Å². The maximum atomic E-state index is 10.8. The predicted octanol–water partition coefficient (Wildman–Crippen LogP) is -0.140. The van der Waals surface area contributed by atoms with Gasteiger partial charge in [0.15, 0.2) is 0 Å². The van der Waals surface area contributed by atoms with Crippen LogP contribution in [0, 0.1) is 5.41 Å². The van der Waals surface area contributed by atoms with Gasteiger partial charge in [-0.25, -0.2) is 14.7 Å². The first kappa shape index (κ1) is 8.98. The molecule has 1 rings (SSSR count). The zero-order chi connectivity index (χ0) is 9.84. The Morgan fingerprint density at radius 3 is 2.54 bits per heavy atom. The lowest BCUT2D eigenvalue weighted by Gasteiger charge is -2.15. The van der Waals surface area contributed by atoms with Crippen molar-refractivity contribution in [2.45, 2.75) is 0 Å². The fraction of sp³-hybridized carbons (Fsp3) is 0. The van der Waals surface area contributed by atoms with E-state index in [1.165, 1.54) is 12.3 Å². The molecule has 0 aromatic carbocycles. The van der Waals surface area contributed by atoms with Crippen molar-refractivity contribution < 1.29 is 4.79 Å². The number of aromatic nitrogens is 1. The number of hydrogen-bond donors (Lipinski definition) is 3. The maximum absolute atomic E-state index is 10.8. The minimum Gasteiger partial charge on any atom is -0.369 e. The second-order valence-electron chi connectivity index (χ2n) is 2.25. The molecule has 0 aliphatic rings. The molecule has 0 atom stereocenters. The van der Waals surface area contributed by atoms with E-state index < -0.39 is 12.0 Å². The Hall–Kier alpha value is -2.11. The molecule has 2 amide bonds. The van der Waals surface area contributed by atoms with Gasteiger partial charge in [0, 0.05) is 6.20 Å². The van der Waals surface area contributed by atoms with Gasteiger partial charge in [0.2, 0.25) is 5.96 Å². The number of amides is 2. The molecule has 0 bridgehead atoms. The molecule has 1 aromatic rings. The van der Waals surface area contributed by atoms with Crippen LogP contribution in [0.2, 0.25) is 0 Å². The van der Waals surface area contributed by atoms with Gasteiger partial charge in [-0.2, -0.15) is 0 Å². The molecule has 0 saturated heterocycles. The van der Waals surface area contributed by atoms with Crippen LogP contribution in [0.15, 0.2) is 24.4 Å². The quantitative estimate of drug-likeness (QED) is 0.412. The lowest BCUT2D eigenvalue weighted by atomic mass is 10.4. The number of guanidine groups is 1. The molecule has 6 nitrogen and oxygen atoms in total. The van der Waals surface area contributed by atoms with E-state index in [1.807, 2.05) is 0 Å². The highest BCUT2D eigenvalue weighted by molar-refractivity contribution is 6.12. The molecule has 1 aromatic heterocycles. The van der Waals surface area contributed by atoms with Crippen LogP contribution in [-0.2, 0) is 0 Å². The van der Waals surface area contributed by atoms with Crippen LogP contribution < -0.4 is 16.4 Å². The number of anilines is 1. The van der Waals surface area contributed by atoms with E-state index in [2.05, 4.69) is 4.98 Å². The SMILES string of the molecule is N=C(N)N(C(N)=O)c1ccccn1. The third kappa shape index (κ3) is 1.92. The van der Waals surface area contributed by atoms with Crippen molar-refractivity contribution in [3.05, 3.63) is 24.4 Å². The van der Waals surface area contributed by atoms with Gasteiger partial charge in [-0.15, -0.1) is 0 Å². The van der Waals surface area contributed by atoms with E-state index in [9.17, 15) is 4.79 Å². The molecule has 13 heavy (non-hydrogen) atoms. The van der Waals surface area contributed by atoms with Crippen LogP contribution in [0.5, 0.6) is 0 Å². The van der Waals surface area contributed by atoms with Gasteiger partial charge in [0.05, 0.1) is 0 Å². The molecular weight excluding hydrogens is 170 g/mol. The van der Waals surface area contributed by atoms with Crippen LogP contribution in [0.1, 0.15) is 0 Å². The summed E-state index contributed by atoms with van der Waals surface area (Å²) in [4.78, 5) is 15.5. The molecule has 0 saturated carbocycles. The molecule has 0 radical (unpaired) electrons. The number of hydrogen-bond acceptors (Lipinski definition) is 3. The summed E-state index contributed by atoms with van der Waals surface area (Å²) >= 11 is 0. The van der Waals surface area contributed by atoms with Gasteiger partial charge in [0.25, 0.3) is 0 Å². The number of urea groups is 1. The first-order valence-electron chi connectivity index (χ1n) is 3.47. The minimum atomic E-state index is -0.828. The Labute approximate surface area is 74.7 Å². The fourth-order valence-electron chi connectivity index (χ4n) is 0.841. The summed E-state index contributed by atoms with van der Waals surface area (Å²) in [7, 11) is 0. The van der Waals surface area contributed by atoms with E-state index in [4.69, 9.17) is 16.9 Å². The zero-order valence-corrected chi connectivity index (χ0v) is 6.77. The molecule has 68 valence electrons. The van der Waals surface area contributed by atoms with Crippen LogP contribution in [0.4, 0.5) is 10.6 Å². The number of carbonyl (C=O) groups is 1. The number of nitrogens with two attached hydrogens (primary N) is 2. The van der Waals surface area contributed by atoms with Crippen molar-refractivity contribution in [1.82, 2.24) is 4.98 Å². The number of rotatable bonds is 1. The predicted molar refractivity (Wildman–Crippen MR) is 48.2 cm³/mol. The van der Waals surface area contributed by atoms with Crippen LogP contribution in [0.3, 0.4) is 0 Å². The molecule has 0 unspecified atom stereocenters. The summed E-state index contributed by atoms with van der Waals surface area (Å²) in [5.41, 5.74) is 10.1. The number of carbonyl (C=O) groups excluding carboxylic acids is 1. The van der Waals surface area contributed by atoms with E-state index in [0.717, 1.165) is 4.90 Å². The number of nitrogens with zero attached hydrogens (tertiary/aromatic N) is 2. The third-order valence-corrected chi connectivity index (χ3v) is 1.34. The smallest absolute Gasteiger partial charge is 0.327 e. The summed E-state index contributed by atoms with van der Waals surface area (Å²) in [6, 6.07) is 4.06. The maximum Gasteiger partial charge on any atom is 0.327 e. The zero-order valence-electron chi connectivity index (χ0n) is 6.77. The Balaban J connectivity index is 3.03. The first-order chi connectivity index (χ1) is 6.13. The highest BCUT2D eigenvalue weighted by Crippen LogP contribution is 2.07. The largest absolute Gasteiger partial charge is 0.369 e. The topological polar surface area (TPSA) is 109 Å². The minimum absolute atomic E-state index is 0.238. The molecule has 0 spiro atoms. The highest BCUT2D eigenvalue weighted by atomic mass is 16.2. The standard InChI is InChI=1S/C7H9N5O/c8-6(9)12(7(10)13)5-3-1-2-4-11-5/h1-4H,(H3,8,9)(H2,10,13). The van der Waals surface area contributed by atoms with Gasteiger partial charge in [-0.3, -0.25) is 5.41 Å². The second-order valence-corrected chi connectivity index (χ2v) is 2.25. The van der Waals surface area contributed by atoms with Crippen molar-refractivity contribution in [3.63, 3.8) is 0 Å². The molecule has 6 heteroatoms. The van der Waals surface area contributed by atoms with Crippen LogP contribution in [-0.4, -0.2) is 17.0 Å². The molecule has 0 fully saturated rings. The summed E-state index contributed by atoms with van der Waals surface area (Å²) in [5.74, 6) is -0.214. The van der Waals surface area contributed by atoms with E-state index in [-0.39, 0.29) is 5.82 Å². The summed E-state index contributed by atoms with van der Waals surface area (Å²) in [6.07, 6.45) is 1.48. The van der Waals surface area contributed by atoms with Crippen molar-refractivity contribution in [1.29, 1.82) is 5.41 Å². The van der Waals surface area contributed by atoms with Gasteiger partial charge in [0.1, 0.15) is 5.82 Å². The second kappa shape index (κ2) is 3.53. The number of nitrogens with one attached hydrogen (secondary N) is 1. The van der Waals surface area contributed by atoms with Gasteiger partial charge in [-0.1, -0.05) is 6.07 Å². The lowest BCUT2D eigenvalue weighted by molar-refractivity contribution is 0.256. The fourth-order valence-corrected chi connectivity index (χ4v) is 0.841. The number of pyridine rings is 1. The normalized spacial score (nSPS) is 9.23. The lowest BCUT2D eigenvalue weighted by Crippen LogP contribution is -2.45. The van der Waals surface area contributed by atoms with Gasteiger partial charge >= 0.3 is 6.03 Å². The van der Waals surface area contributed by atoms with Gasteiger partial charge < -0.3 is 11.5 Å². The Bertz CT molecular complexity index is 309. The Morgan fingerprint density at radius 2 is 2.15 bits per heavy atom. The van der Waals surface area contributed by atoms with Crippen molar-refractivity contribution in [3.8, 4) is 0 Å². The average Bonchev–Trinajstić information content (AvgIpc) is 2.04. The first-order valence-corrected chi connectivity index (χ1v) is 3.47. The molecule has 0 aliphatic carbocycles. The summed E-state index contributed by atoms with van der Waals surface area (Å²) < 4.78 is 0. The number of primary amides is 1. The van der Waals surface area contributed by atoms with Crippen LogP contribution >= 0.6 is 0 Å². The highest BCUT2D eigenvalue weighted by Gasteiger charge is 2.15. The van der Waals surface area contributed by atoms with Crippen molar-refractivity contribution in [2.24, 2.45) is 11.5 Å². The van der Waals surface area contributed by atoms with Crippen molar-refractivity contribution in [2.75, 3.05) is 4.90 Å². The monoisotopic (exact) mass is 179 g/mol. The average molecular weight is 179 g/mol. The molecule has 5 N–H and O–H groups in total. The molecule has 0 aliphatic heterocycles. The molecular formula is C7H9N5O. The van der Waals surface area contributed by atoms with E-state index >= 15 is 0 Å². The van der Waals surface area contributed by atoms with E-state index in [1.54, 1.807) is 12.1 Å². The van der Waals surface area contributed by atoms with E-state index in [0.29, 0.717) is 0 Å². The molecule has 1 heterocycles. The van der Waals surface area contributed by atoms with Gasteiger partial charge in [-0.05, 0) is 12.1 Å². The Morgan fingerprint density at radius 1 is 1.46 bits per heavy atom. The third-order valence-electron chi connectivity index (χ3n) is 1.34.